The minimum absolute atomic E-state index is 0.360. The average Bonchev–Trinajstić information content (AvgIpc) is 2.19. The van der Waals surface area contributed by atoms with Gasteiger partial charge in [0.15, 0.2) is 0 Å². The van der Waals surface area contributed by atoms with E-state index in [-0.39, 0.29) is 0 Å². The van der Waals surface area contributed by atoms with Crippen molar-refractivity contribution in [2.45, 2.75) is 19.4 Å². The Hall–Kier alpha value is -0.570. The molecule has 0 aliphatic heterocycles. The molecule has 0 unspecified atom stereocenters. The van der Waals surface area contributed by atoms with Gasteiger partial charge < -0.3 is 11.1 Å². The molecule has 0 aliphatic carbocycles. The zero-order valence-electron chi connectivity index (χ0n) is 8.46. The van der Waals surface area contributed by atoms with Gasteiger partial charge in [0.2, 0.25) is 0 Å². The Morgan fingerprint density at radius 2 is 2.00 bits per heavy atom. The molecule has 0 spiro atoms. The predicted octanol–water partition coefficient (Wildman–Crippen LogP) is 2.34. The highest BCUT2D eigenvalue weighted by atomic mass is 35.5. The van der Waals surface area contributed by atoms with E-state index >= 15 is 0 Å². The number of rotatable bonds is 5. The molecule has 0 bridgehead atoms. The van der Waals surface area contributed by atoms with Crippen LogP contribution in [0.3, 0.4) is 0 Å². The zero-order chi connectivity index (χ0) is 10.4. The van der Waals surface area contributed by atoms with Crippen molar-refractivity contribution in [3.05, 3.63) is 34.9 Å². The highest BCUT2D eigenvalue weighted by molar-refractivity contribution is 6.30. The summed E-state index contributed by atoms with van der Waals surface area (Å²) in [6.07, 6.45) is 1.01. The van der Waals surface area contributed by atoms with E-state index in [0.717, 1.165) is 24.5 Å². The summed E-state index contributed by atoms with van der Waals surface area (Å²) in [6, 6.07) is 8.28. The van der Waals surface area contributed by atoms with E-state index in [4.69, 9.17) is 17.3 Å². The monoisotopic (exact) mass is 212 g/mol. The molecule has 78 valence electrons. The third-order valence-electron chi connectivity index (χ3n) is 2.20. The fraction of sp³-hybridized carbons (Fsp3) is 0.455. The largest absolute Gasteiger partial charge is 0.330 e. The molecule has 1 rings (SSSR count). The molecule has 0 saturated heterocycles. The molecule has 0 amide bonds. The van der Waals surface area contributed by atoms with E-state index in [1.54, 1.807) is 0 Å². The molecule has 3 N–H and O–H groups in total. The van der Waals surface area contributed by atoms with E-state index in [2.05, 4.69) is 12.2 Å². The number of hydrogen-bond donors (Lipinski definition) is 2. The SMILES string of the molecule is C[C@@H](NCCCN)c1ccc(Cl)cc1. The van der Waals surface area contributed by atoms with Crippen molar-refractivity contribution < 1.29 is 0 Å². The first-order chi connectivity index (χ1) is 6.74. The maximum Gasteiger partial charge on any atom is 0.0406 e. The highest BCUT2D eigenvalue weighted by Gasteiger charge is 2.02. The second kappa shape index (κ2) is 6.02. The summed E-state index contributed by atoms with van der Waals surface area (Å²) in [5.74, 6) is 0. The standard InChI is InChI=1S/C11H17ClN2/c1-9(14-8-2-7-13)10-3-5-11(12)6-4-10/h3-6,9,14H,2,7-8,13H2,1H3/t9-/m1/s1. The van der Waals surface area contributed by atoms with Gasteiger partial charge in [-0.05, 0) is 44.1 Å². The van der Waals surface area contributed by atoms with Gasteiger partial charge in [0.1, 0.15) is 0 Å². The molecule has 0 radical (unpaired) electrons. The maximum absolute atomic E-state index is 5.81. The second-order valence-electron chi connectivity index (χ2n) is 3.37. The Kier molecular flexibility index (Phi) is 4.94. The normalized spacial score (nSPS) is 12.8. The van der Waals surface area contributed by atoms with E-state index in [1.165, 1.54) is 5.56 Å². The topological polar surface area (TPSA) is 38.0 Å². The van der Waals surface area contributed by atoms with Gasteiger partial charge in [-0.2, -0.15) is 0 Å². The summed E-state index contributed by atoms with van der Waals surface area (Å²) in [4.78, 5) is 0. The van der Waals surface area contributed by atoms with Crippen LogP contribution in [-0.4, -0.2) is 13.1 Å². The molecule has 1 atom stereocenters. The maximum atomic E-state index is 5.81. The number of halogens is 1. The first kappa shape index (κ1) is 11.5. The lowest BCUT2D eigenvalue weighted by atomic mass is 10.1. The Morgan fingerprint density at radius 3 is 2.57 bits per heavy atom. The molecule has 0 fully saturated rings. The number of nitrogens with two attached hydrogens (primary N) is 1. The molecular weight excluding hydrogens is 196 g/mol. The first-order valence-corrected chi connectivity index (χ1v) is 5.30. The minimum atomic E-state index is 0.360. The van der Waals surface area contributed by atoms with Gasteiger partial charge in [-0.15, -0.1) is 0 Å². The third kappa shape index (κ3) is 3.66. The highest BCUT2D eigenvalue weighted by Crippen LogP contribution is 2.15. The predicted molar refractivity (Wildman–Crippen MR) is 61.5 cm³/mol. The summed E-state index contributed by atoms with van der Waals surface area (Å²) in [5, 5.41) is 4.18. The van der Waals surface area contributed by atoms with Gasteiger partial charge in [0.05, 0.1) is 0 Å². The van der Waals surface area contributed by atoms with Crippen molar-refractivity contribution in [1.82, 2.24) is 5.32 Å². The van der Waals surface area contributed by atoms with Crippen LogP contribution in [0.2, 0.25) is 5.02 Å². The number of benzene rings is 1. The first-order valence-electron chi connectivity index (χ1n) is 4.93. The second-order valence-corrected chi connectivity index (χ2v) is 3.81. The van der Waals surface area contributed by atoms with Crippen LogP contribution in [0.5, 0.6) is 0 Å². The van der Waals surface area contributed by atoms with E-state index < -0.39 is 0 Å². The van der Waals surface area contributed by atoms with Crippen LogP contribution in [0.1, 0.15) is 24.9 Å². The Morgan fingerprint density at radius 1 is 1.36 bits per heavy atom. The smallest absolute Gasteiger partial charge is 0.0406 e. The molecule has 0 aromatic heterocycles. The van der Waals surface area contributed by atoms with Gasteiger partial charge >= 0.3 is 0 Å². The number of nitrogens with one attached hydrogen (secondary N) is 1. The number of hydrogen-bond acceptors (Lipinski definition) is 2. The Balaban J connectivity index is 2.43. The molecule has 0 aliphatic rings. The van der Waals surface area contributed by atoms with Crippen LogP contribution in [0.4, 0.5) is 0 Å². The summed E-state index contributed by atoms with van der Waals surface area (Å²) in [6.45, 7) is 3.83. The van der Waals surface area contributed by atoms with Crippen LogP contribution in [-0.2, 0) is 0 Å². The van der Waals surface area contributed by atoms with Crippen molar-refractivity contribution >= 4 is 11.6 Å². The van der Waals surface area contributed by atoms with Crippen molar-refractivity contribution in [2.75, 3.05) is 13.1 Å². The van der Waals surface area contributed by atoms with Crippen LogP contribution >= 0.6 is 11.6 Å². The summed E-state index contributed by atoms with van der Waals surface area (Å²) >= 11 is 5.81. The van der Waals surface area contributed by atoms with Crippen molar-refractivity contribution in [3.63, 3.8) is 0 Å². The van der Waals surface area contributed by atoms with Gasteiger partial charge in [0.25, 0.3) is 0 Å². The van der Waals surface area contributed by atoms with E-state index in [1.807, 2.05) is 24.3 Å². The fourth-order valence-corrected chi connectivity index (χ4v) is 1.42. The molecular formula is C11H17ClN2. The lowest BCUT2D eigenvalue weighted by molar-refractivity contribution is 0.562. The molecule has 1 aromatic rings. The Labute approximate surface area is 90.4 Å². The van der Waals surface area contributed by atoms with Crippen LogP contribution < -0.4 is 11.1 Å². The van der Waals surface area contributed by atoms with Crippen LogP contribution in [0.25, 0.3) is 0 Å². The van der Waals surface area contributed by atoms with Crippen molar-refractivity contribution in [2.24, 2.45) is 5.73 Å². The average molecular weight is 213 g/mol. The van der Waals surface area contributed by atoms with Gasteiger partial charge in [-0.25, -0.2) is 0 Å². The zero-order valence-corrected chi connectivity index (χ0v) is 9.22. The molecule has 14 heavy (non-hydrogen) atoms. The Bertz CT molecular complexity index is 258. The molecule has 0 saturated carbocycles. The fourth-order valence-electron chi connectivity index (χ4n) is 1.29. The van der Waals surface area contributed by atoms with Crippen LogP contribution in [0, 0.1) is 0 Å². The van der Waals surface area contributed by atoms with E-state index in [9.17, 15) is 0 Å². The summed E-state index contributed by atoms with van der Waals surface area (Å²) in [7, 11) is 0. The van der Waals surface area contributed by atoms with Crippen LogP contribution in [0.15, 0.2) is 24.3 Å². The minimum Gasteiger partial charge on any atom is -0.330 e. The van der Waals surface area contributed by atoms with Gasteiger partial charge in [-0.3, -0.25) is 0 Å². The summed E-state index contributed by atoms with van der Waals surface area (Å²) < 4.78 is 0. The van der Waals surface area contributed by atoms with Gasteiger partial charge in [-0.1, -0.05) is 23.7 Å². The molecule has 1 aromatic carbocycles. The lowest BCUT2D eigenvalue weighted by Gasteiger charge is -2.13. The third-order valence-corrected chi connectivity index (χ3v) is 2.45. The quantitative estimate of drug-likeness (QED) is 0.736. The molecule has 0 heterocycles. The lowest BCUT2D eigenvalue weighted by Crippen LogP contribution is -2.21. The van der Waals surface area contributed by atoms with Crippen molar-refractivity contribution in [3.8, 4) is 0 Å². The van der Waals surface area contributed by atoms with Crippen molar-refractivity contribution in [1.29, 1.82) is 0 Å². The van der Waals surface area contributed by atoms with E-state index in [0.29, 0.717) is 6.04 Å². The molecule has 2 nitrogen and oxygen atoms in total. The van der Waals surface area contributed by atoms with Gasteiger partial charge in [0, 0.05) is 11.1 Å². The molecule has 3 heteroatoms. The summed E-state index contributed by atoms with van der Waals surface area (Å²) in [5.41, 5.74) is 6.67.